The lowest BCUT2D eigenvalue weighted by atomic mass is 9.89. The predicted molar refractivity (Wildman–Crippen MR) is 91.4 cm³/mol. The van der Waals surface area contributed by atoms with Crippen molar-refractivity contribution in [1.29, 1.82) is 0 Å². The number of anilines is 1. The highest BCUT2D eigenvalue weighted by Gasteiger charge is 2.34. The molecule has 3 rings (SSSR count). The number of carbonyl (C=O) groups is 1. The Hall–Kier alpha value is -2.25. The highest BCUT2D eigenvalue weighted by atomic mass is 16.3. The van der Waals surface area contributed by atoms with Gasteiger partial charge in [-0.15, -0.1) is 0 Å². The quantitative estimate of drug-likeness (QED) is 0.882. The number of β-amino-alcohol motifs (C(OH)–C–C–N with tert-alkyl or cyclic N) is 1. The van der Waals surface area contributed by atoms with E-state index in [0.717, 1.165) is 24.1 Å². The predicted octanol–water partition coefficient (Wildman–Crippen LogP) is 1.27. The fourth-order valence-corrected chi connectivity index (χ4v) is 3.22. The molecular formula is C17H23N5O2. The van der Waals surface area contributed by atoms with Gasteiger partial charge in [0.1, 0.15) is 5.82 Å². The Morgan fingerprint density at radius 1 is 1.42 bits per heavy atom. The summed E-state index contributed by atoms with van der Waals surface area (Å²) in [5.41, 5.74) is 0.936. The van der Waals surface area contributed by atoms with E-state index in [-0.39, 0.29) is 12.3 Å². The maximum atomic E-state index is 12.3. The van der Waals surface area contributed by atoms with Crippen LogP contribution in [0.25, 0.3) is 11.1 Å². The van der Waals surface area contributed by atoms with Crippen LogP contribution in [0.1, 0.15) is 19.3 Å². The molecular weight excluding hydrogens is 306 g/mol. The van der Waals surface area contributed by atoms with Gasteiger partial charge in [-0.1, -0.05) is 0 Å². The summed E-state index contributed by atoms with van der Waals surface area (Å²) in [7, 11) is 3.82. The first-order chi connectivity index (χ1) is 11.4. The lowest BCUT2D eigenvalue weighted by Gasteiger charge is -2.36. The van der Waals surface area contributed by atoms with Crippen molar-refractivity contribution in [3.05, 3.63) is 30.7 Å². The molecule has 1 aliphatic rings. The molecule has 0 aliphatic carbocycles. The van der Waals surface area contributed by atoms with E-state index in [2.05, 4.69) is 20.3 Å². The van der Waals surface area contributed by atoms with Gasteiger partial charge in [-0.3, -0.25) is 9.48 Å². The van der Waals surface area contributed by atoms with Crippen molar-refractivity contribution in [3.63, 3.8) is 0 Å². The molecule has 0 spiro atoms. The standard InChI is InChI=1S/C17H23N5O2/c1-21-7-3-5-17(24,12-21)9-16(23)20-15-8-13(4-6-18-15)14-10-19-22(2)11-14/h4,6,8,10-11,24H,3,5,7,9,12H2,1-2H3,(H,18,20,23). The maximum Gasteiger partial charge on any atom is 0.228 e. The van der Waals surface area contributed by atoms with E-state index in [1.54, 1.807) is 17.1 Å². The Morgan fingerprint density at radius 2 is 2.25 bits per heavy atom. The minimum Gasteiger partial charge on any atom is -0.388 e. The summed E-state index contributed by atoms with van der Waals surface area (Å²) in [6.07, 6.45) is 6.95. The fraction of sp³-hybridized carbons (Fsp3) is 0.471. The number of rotatable bonds is 4. The number of piperidine rings is 1. The zero-order valence-corrected chi connectivity index (χ0v) is 14.1. The Balaban J connectivity index is 1.66. The number of hydrogen-bond donors (Lipinski definition) is 2. The number of aliphatic hydroxyl groups is 1. The van der Waals surface area contributed by atoms with Gasteiger partial charge in [-0.25, -0.2) is 4.98 Å². The van der Waals surface area contributed by atoms with Crippen molar-refractivity contribution in [3.8, 4) is 11.1 Å². The number of likely N-dealkylation sites (tertiary alicyclic amines) is 1. The topological polar surface area (TPSA) is 83.3 Å². The van der Waals surface area contributed by atoms with Crippen molar-refractivity contribution in [2.45, 2.75) is 24.9 Å². The summed E-state index contributed by atoms with van der Waals surface area (Å²) in [4.78, 5) is 18.5. The van der Waals surface area contributed by atoms with Gasteiger partial charge in [0.15, 0.2) is 0 Å². The van der Waals surface area contributed by atoms with Crippen LogP contribution in [0.4, 0.5) is 5.82 Å². The summed E-state index contributed by atoms with van der Waals surface area (Å²) in [6.45, 7) is 1.47. The summed E-state index contributed by atoms with van der Waals surface area (Å²) in [6, 6.07) is 3.68. The molecule has 0 saturated carbocycles. The Morgan fingerprint density at radius 3 is 2.96 bits per heavy atom. The average molecular weight is 329 g/mol. The molecule has 0 radical (unpaired) electrons. The number of likely N-dealkylation sites (N-methyl/N-ethyl adjacent to an activating group) is 1. The molecule has 0 aromatic carbocycles. The van der Waals surface area contributed by atoms with E-state index in [1.807, 2.05) is 32.4 Å². The maximum absolute atomic E-state index is 12.3. The number of nitrogens with zero attached hydrogens (tertiary/aromatic N) is 4. The first-order valence-corrected chi connectivity index (χ1v) is 8.09. The molecule has 2 aromatic heterocycles. The molecule has 1 fully saturated rings. The van der Waals surface area contributed by atoms with Gasteiger partial charge >= 0.3 is 0 Å². The minimum atomic E-state index is -0.960. The molecule has 7 heteroatoms. The summed E-state index contributed by atoms with van der Waals surface area (Å²) >= 11 is 0. The van der Waals surface area contributed by atoms with Crippen LogP contribution in [0.5, 0.6) is 0 Å². The van der Waals surface area contributed by atoms with Gasteiger partial charge in [-0.05, 0) is 44.1 Å². The van der Waals surface area contributed by atoms with Crippen LogP contribution in [0.2, 0.25) is 0 Å². The van der Waals surface area contributed by atoms with Gasteiger partial charge in [0, 0.05) is 31.5 Å². The number of pyridine rings is 1. The van der Waals surface area contributed by atoms with Crippen molar-refractivity contribution >= 4 is 11.7 Å². The van der Waals surface area contributed by atoms with Crippen LogP contribution in [0.3, 0.4) is 0 Å². The summed E-state index contributed by atoms with van der Waals surface area (Å²) in [5, 5.41) is 17.5. The second-order valence-corrected chi connectivity index (χ2v) is 6.62. The van der Waals surface area contributed by atoms with Gasteiger partial charge in [0.05, 0.1) is 18.2 Å². The third-order valence-electron chi connectivity index (χ3n) is 4.30. The summed E-state index contributed by atoms with van der Waals surface area (Å²) in [5.74, 6) is 0.262. The first-order valence-electron chi connectivity index (χ1n) is 8.09. The molecule has 0 bridgehead atoms. The molecule has 2 aromatic rings. The average Bonchev–Trinajstić information content (AvgIpc) is 2.93. The number of amides is 1. The van der Waals surface area contributed by atoms with E-state index < -0.39 is 5.60 Å². The van der Waals surface area contributed by atoms with Gasteiger partial charge in [0.25, 0.3) is 0 Å². The van der Waals surface area contributed by atoms with Crippen LogP contribution >= 0.6 is 0 Å². The SMILES string of the molecule is CN1CCCC(O)(CC(=O)Nc2cc(-c3cnn(C)c3)ccn2)C1. The minimum absolute atomic E-state index is 0.0795. The Kier molecular flexibility index (Phi) is 4.64. The van der Waals surface area contributed by atoms with Crippen LogP contribution in [-0.2, 0) is 11.8 Å². The number of aryl methyl sites for hydroxylation is 1. The molecule has 2 N–H and O–H groups in total. The fourth-order valence-electron chi connectivity index (χ4n) is 3.22. The largest absolute Gasteiger partial charge is 0.388 e. The normalized spacial score (nSPS) is 21.6. The van der Waals surface area contributed by atoms with Crippen LogP contribution < -0.4 is 5.32 Å². The summed E-state index contributed by atoms with van der Waals surface area (Å²) < 4.78 is 1.73. The van der Waals surface area contributed by atoms with Crippen molar-refractivity contribution in [1.82, 2.24) is 19.7 Å². The molecule has 1 saturated heterocycles. The van der Waals surface area contributed by atoms with E-state index in [1.165, 1.54) is 0 Å². The number of aromatic nitrogens is 3. The zero-order valence-electron chi connectivity index (χ0n) is 14.1. The number of nitrogens with one attached hydrogen (secondary N) is 1. The highest BCUT2D eigenvalue weighted by molar-refractivity contribution is 5.91. The van der Waals surface area contributed by atoms with Crippen LogP contribution in [0.15, 0.2) is 30.7 Å². The van der Waals surface area contributed by atoms with E-state index >= 15 is 0 Å². The van der Waals surface area contributed by atoms with Crippen LogP contribution in [-0.4, -0.2) is 56.4 Å². The second-order valence-electron chi connectivity index (χ2n) is 6.62. The Bertz CT molecular complexity index is 729. The molecule has 24 heavy (non-hydrogen) atoms. The third-order valence-corrected chi connectivity index (χ3v) is 4.30. The second kappa shape index (κ2) is 6.70. The molecule has 1 aliphatic heterocycles. The molecule has 3 heterocycles. The lowest BCUT2D eigenvalue weighted by Crippen LogP contribution is -2.48. The van der Waals surface area contributed by atoms with E-state index in [9.17, 15) is 9.90 Å². The molecule has 1 unspecified atom stereocenters. The first kappa shape index (κ1) is 16.6. The lowest BCUT2D eigenvalue weighted by molar-refractivity contribution is -0.123. The van der Waals surface area contributed by atoms with Gasteiger partial charge < -0.3 is 15.3 Å². The van der Waals surface area contributed by atoms with Crippen LogP contribution in [0, 0.1) is 0 Å². The highest BCUT2D eigenvalue weighted by Crippen LogP contribution is 2.25. The third kappa shape index (κ3) is 3.98. The van der Waals surface area contributed by atoms with Crippen molar-refractivity contribution in [2.24, 2.45) is 7.05 Å². The molecule has 1 amide bonds. The van der Waals surface area contributed by atoms with E-state index in [4.69, 9.17) is 0 Å². The smallest absolute Gasteiger partial charge is 0.228 e. The molecule has 7 nitrogen and oxygen atoms in total. The Labute approximate surface area is 141 Å². The number of carbonyl (C=O) groups excluding carboxylic acids is 1. The zero-order chi connectivity index (χ0) is 17.2. The monoisotopic (exact) mass is 329 g/mol. The van der Waals surface area contributed by atoms with Gasteiger partial charge in [-0.2, -0.15) is 5.10 Å². The van der Waals surface area contributed by atoms with Gasteiger partial charge in [0.2, 0.25) is 5.91 Å². The molecule has 128 valence electrons. The number of hydrogen-bond acceptors (Lipinski definition) is 5. The van der Waals surface area contributed by atoms with Crippen molar-refractivity contribution < 1.29 is 9.90 Å². The molecule has 1 atom stereocenters. The van der Waals surface area contributed by atoms with Crippen molar-refractivity contribution in [2.75, 3.05) is 25.5 Å². The van der Waals surface area contributed by atoms with E-state index in [0.29, 0.717) is 18.8 Å².